The smallest absolute Gasteiger partial charge is 0.323 e. The Labute approximate surface area is 127 Å². The molecular formula is C14H16N4O2S. The third-order valence-corrected chi connectivity index (χ3v) is 3.65. The predicted molar refractivity (Wildman–Crippen MR) is 80.5 cm³/mol. The highest BCUT2D eigenvalue weighted by Crippen LogP contribution is 2.29. The molecule has 3 rings (SSSR count). The lowest BCUT2D eigenvalue weighted by atomic mass is 10.1. The van der Waals surface area contributed by atoms with Crippen LogP contribution >= 0.6 is 11.7 Å². The van der Waals surface area contributed by atoms with Gasteiger partial charge in [-0.15, -0.1) is 0 Å². The van der Waals surface area contributed by atoms with E-state index >= 15 is 0 Å². The monoisotopic (exact) mass is 304 g/mol. The third kappa shape index (κ3) is 3.13. The summed E-state index contributed by atoms with van der Waals surface area (Å²) in [4.78, 5) is 14.1. The molecule has 0 radical (unpaired) electrons. The summed E-state index contributed by atoms with van der Waals surface area (Å²) in [7, 11) is 0. The van der Waals surface area contributed by atoms with Crippen molar-refractivity contribution in [1.29, 1.82) is 0 Å². The van der Waals surface area contributed by atoms with Crippen LogP contribution in [0, 0.1) is 0 Å². The number of hydrogen-bond donors (Lipinski definition) is 1. The highest BCUT2D eigenvalue weighted by Gasteiger charge is 2.31. The van der Waals surface area contributed by atoms with Crippen LogP contribution in [0.1, 0.15) is 19.4 Å². The van der Waals surface area contributed by atoms with Crippen LogP contribution in [0.3, 0.4) is 0 Å². The summed E-state index contributed by atoms with van der Waals surface area (Å²) in [6, 6.07) is 7.59. The second-order valence-corrected chi connectivity index (χ2v) is 6.11. The molecule has 0 bridgehead atoms. The molecular weight excluding hydrogens is 288 g/mol. The van der Waals surface area contributed by atoms with Crippen molar-refractivity contribution in [2.24, 2.45) is 0 Å². The number of urea groups is 1. The molecule has 1 aliphatic heterocycles. The molecule has 2 heterocycles. The van der Waals surface area contributed by atoms with Crippen LogP contribution in [0.4, 0.5) is 10.6 Å². The second-order valence-electron chi connectivity index (χ2n) is 5.55. The minimum absolute atomic E-state index is 0.198. The van der Waals surface area contributed by atoms with Gasteiger partial charge in [0.25, 0.3) is 0 Å². The number of para-hydroxylation sites is 1. The molecule has 0 aliphatic carbocycles. The number of nitrogens with one attached hydrogen (secondary N) is 1. The highest BCUT2D eigenvalue weighted by atomic mass is 32.1. The van der Waals surface area contributed by atoms with Gasteiger partial charge in [-0.2, -0.15) is 8.75 Å². The van der Waals surface area contributed by atoms with Crippen molar-refractivity contribution in [2.45, 2.75) is 26.0 Å². The number of nitrogens with zero attached hydrogens (tertiary/aromatic N) is 3. The van der Waals surface area contributed by atoms with Gasteiger partial charge in [0.15, 0.2) is 5.82 Å². The van der Waals surface area contributed by atoms with E-state index < -0.39 is 5.60 Å². The average molecular weight is 304 g/mol. The molecule has 2 aromatic rings. The minimum atomic E-state index is -0.454. The molecule has 0 atom stereocenters. The SMILES string of the molecule is CC1(C)CN(C(=O)Nc2cnsn2)Cc2ccccc2O1. The molecule has 0 saturated heterocycles. The molecule has 1 N–H and O–H groups in total. The topological polar surface area (TPSA) is 67.4 Å². The van der Waals surface area contributed by atoms with Gasteiger partial charge in [-0.25, -0.2) is 4.79 Å². The fourth-order valence-corrected chi connectivity index (χ4v) is 2.71. The Bertz CT molecular complexity index is 642. The summed E-state index contributed by atoms with van der Waals surface area (Å²) in [5.74, 6) is 1.30. The van der Waals surface area contributed by atoms with Gasteiger partial charge in [0.05, 0.1) is 31.0 Å². The second kappa shape index (κ2) is 5.33. The first-order valence-corrected chi connectivity index (χ1v) is 7.37. The quantitative estimate of drug-likeness (QED) is 0.879. The molecule has 7 heteroatoms. The van der Waals surface area contributed by atoms with E-state index in [1.54, 1.807) is 4.90 Å². The zero-order valence-electron chi connectivity index (χ0n) is 11.9. The first-order chi connectivity index (χ1) is 10.0. The molecule has 0 saturated carbocycles. The molecule has 1 aromatic heterocycles. The van der Waals surface area contributed by atoms with Crippen molar-refractivity contribution in [3.63, 3.8) is 0 Å². The van der Waals surface area contributed by atoms with E-state index in [9.17, 15) is 4.79 Å². The summed E-state index contributed by atoms with van der Waals surface area (Å²) in [6.07, 6.45) is 1.54. The molecule has 0 spiro atoms. The number of rotatable bonds is 1. The molecule has 1 aromatic carbocycles. The average Bonchev–Trinajstić information content (AvgIpc) is 2.87. The van der Waals surface area contributed by atoms with Gasteiger partial charge in [-0.1, -0.05) is 18.2 Å². The van der Waals surface area contributed by atoms with E-state index in [4.69, 9.17) is 4.74 Å². The van der Waals surface area contributed by atoms with Gasteiger partial charge in [0.1, 0.15) is 11.4 Å². The van der Waals surface area contributed by atoms with Crippen LogP contribution in [0.5, 0.6) is 5.75 Å². The van der Waals surface area contributed by atoms with E-state index in [2.05, 4.69) is 14.1 Å². The number of hydrogen-bond acceptors (Lipinski definition) is 5. The number of amides is 2. The first-order valence-electron chi connectivity index (χ1n) is 6.64. The third-order valence-electron chi connectivity index (χ3n) is 3.18. The van der Waals surface area contributed by atoms with E-state index in [0.717, 1.165) is 23.0 Å². The Kier molecular flexibility index (Phi) is 3.50. The van der Waals surface area contributed by atoms with Crippen LogP contribution in [0.2, 0.25) is 0 Å². The number of ether oxygens (including phenoxy) is 1. The van der Waals surface area contributed by atoms with E-state index in [-0.39, 0.29) is 6.03 Å². The number of fused-ring (bicyclic) bond motifs is 1. The van der Waals surface area contributed by atoms with Gasteiger partial charge < -0.3 is 9.64 Å². The molecule has 2 amide bonds. The Morgan fingerprint density at radius 1 is 1.43 bits per heavy atom. The molecule has 0 fully saturated rings. The van der Waals surface area contributed by atoms with Crippen molar-refractivity contribution in [3.8, 4) is 5.75 Å². The summed E-state index contributed by atoms with van der Waals surface area (Å²) in [5, 5.41) is 2.76. The van der Waals surface area contributed by atoms with Crippen LogP contribution in [-0.4, -0.2) is 31.8 Å². The summed E-state index contributed by atoms with van der Waals surface area (Å²) >= 11 is 1.06. The van der Waals surface area contributed by atoms with Gasteiger partial charge in [0.2, 0.25) is 0 Å². The van der Waals surface area contributed by atoms with Crippen LogP contribution in [0.25, 0.3) is 0 Å². The van der Waals surface area contributed by atoms with Gasteiger partial charge in [-0.3, -0.25) is 5.32 Å². The zero-order chi connectivity index (χ0) is 14.9. The largest absolute Gasteiger partial charge is 0.486 e. The first kappa shape index (κ1) is 13.8. The number of benzene rings is 1. The standard InChI is InChI=1S/C14H16N4O2S/c1-14(2)9-18(13(19)16-12-7-15-21-17-12)8-10-5-3-4-6-11(10)20-14/h3-7H,8-9H2,1-2H3,(H,16,17,19). The summed E-state index contributed by atoms with van der Waals surface area (Å²) < 4.78 is 13.9. The molecule has 0 unspecified atom stereocenters. The summed E-state index contributed by atoms with van der Waals surface area (Å²) in [5.41, 5.74) is 0.541. The maximum atomic E-state index is 12.4. The highest BCUT2D eigenvalue weighted by molar-refractivity contribution is 6.99. The van der Waals surface area contributed by atoms with Crippen molar-refractivity contribution < 1.29 is 9.53 Å². The lowest BCUT2D eigenvalue weighted by molar-refractivity contribution is 0.0834. The Hall–Kier alpha value is -2.15. The van der Waals surface area contributed by atoms with Gasteiger partial charge in [-0.05, 0) is 19.9 Å². The summed E-state index contributed by atoms with van der Waals surface area (Å²) in [6.45, 7) is 4.94. The lowest BCUT2D eigenvalue weighted by Crippen LogP contribution is -2.44. The van der Waals surface area contributed by atoms with Crippen molar-refractivity contribution in [3.05, 3.63) is 36.0 Å². The van der Waals surface area contributed by atoms with Crippen molar-refractivity contribution in [2.75, 3.05) is 11.9 Å². The van der Waals surface area contributed by atoms with E-state index in [1.807, 2.05) is 38.1 Å². The maximum Gasteiger partial charge on any atom is 0.323 e. The Morgan fingerprint density at radius 3 is 3.00 bits per heavy atom. The number of aromatic nitrogens is 2. The zero-order valence-corrected chi connectivity index (χ0v) is 12.7. The van der Waals surface area contributed by atoms with E-state index in [0.29, 0.717) is 18.9 Å². The Morgan fingerprint density at radius 2 is 2.24 bits per heavy atom. The minimum Gasteiger partial charge on any atom is -0.486 e. The van der Waals surface area contributed by atoms with Crippen molar-refractivity contribution >= 4 is 23.6 Å². The number of carbonyl (C=O) groups is 1. The van der Waals surface area contributed by atoms with Crippen LogP contribution in [-0.2, 0) is 6.54 Å². The molecule has 110 valence electrons. The predicted octanol–water partition coefficient (Wildman–Crippen LogP) is 2.74. The normalized spacial score (nSPS) is 16.6. The van der Waals surface area contributed by atoms with Crippen molar-refractivity contribution in [1.82, 2.24) is 13.6 Å². The van der Waals surface area contributed by atoms with Gasteiger partial charge >= 0.3 is 6.03 Å². The fraction of sp³-hybridized carbons (Fsp3) is 0.357. The maximum absolute atomic E-state index is 12.4. The van der Waals surface area contributed by atoms with Gasteiger partial charge in [0, 0.05) is 5.56 Å². The molecule has 1 aliphatic rings. The molecule has 6 nitrogen and oxygen atoms in total. The fourth-order valence-electron chi connectivity index (χ4n) is 2.34. The van der Waals surface area contributed by atoms with E-state index in [1.165, 1.54) is 6.20 Å². The molecule has 21 heavy (non-hydrogen) atoms. The van der Waals surface area contributed by atoms with Crippen LogP contribution < -0.4 is 10.1 Å². The number of carbonyl (C=O) groups excluding carboxylic acids is 1. The Balaban J connectivity index is 1.83. The lowest BCUT2D eigenvalue weighted by Gasteiger charge is -2.29. The van der Waals surface area contributed by atoms with Crippen LogP contribution in [0.15, 0.2) is 30.5 Å². The number of anilines is 1.